The summed E-state index contributed by atoms with van der Waals surface area (Å²) in [6, 6.07) is 2.17. The molecule has 0 aliphatic carbocycles. The van der Waals surface area contributed by atoms with E-state index in [0.717, 1.165) is 45.2 Å². The number of piperidine rings is 2. The Balaban J connectivity index is 1.82. The first-order chi connectivity index (χ1) is 11.7. The van der Waals surface area contributed by atoms with Crippen molar-refractivity contribution in [2.45, 2.75) is 45.1 Å². The number of carbonyl (C=O) groups is 2. The van der Waals surface area contributed by atoms with Gasteiger partial charge in [-0.1, -0.05) is 0 Å². The van der Waals surface area contributed by atoms with Crippen LogP contribution in [0.4, 0.5) is 4.79 Å². The molecule has 24 heavy (non-hydrogen) atoms. The third-order valence-corrected chi connectivity index (χ3v) is 4.48. The van der Waals surface area contributed by atoms with Crippen LogP contribution in [-0.4, -0.2) is 60.6 Å². The minimum absolute atomic E-state index is 0.157. The van der Waals surface area contributed by atoms with E-state index in [1.807, 2.05) is 6.07 Å². The van der Waals surface area contributed by atoms with Crippen molar-refractivity contribution < 1.29 is 14.3 Å². The van der Waals surface area contributed by atoms with E-state index < -0.39 is 0 Å². The van der Waals surface area contributed by atoms with Gasteiger partial charge in [0.05, 0.1) is 6.61 Å². The molecule has 0 aromatic rings. The number of likely N-dealkylation sites (tertiary alicyclic amines) is 2. The number of carbonyl (C=O) groups excluding carboxylic acids is 2. The summed E-state index contributed by atoms with van der Waals surface area (Å²) < 4.78 is 4.99. The molecule has 0 saturated carbocycles. The molecule has 2 amide bonds. The summed E-state index contributed by atoms with van der Waals surface area (Å²) >= 11 is 0. The van der Waals surface area contributed by atoms with Crippen molar-refractivity contribution >= 4 is 12.0 Å². The molecule has 2 rings (SSSR count). The Bertz CT molecular complexity index is 512. The fraction of sp³-hybridized carbons (Fsp3) is 0.706. The average molecular weight is 334 g/mol. The second-order valence-electron chi connectivity index (χ2n) is 6.15. The molecule has 0 aromatic carbocycles. The summed E-state index contributed by atoms with van der Waals surface area (Å²) in [5.74, 6) is -0.186. The highest BCUT2D eigenvalue weighted by molar-refractivity contribution is 5.97. The summed E-state index contributed by atoms with van der Waals surface area (Å²) in [5, 5.41) is 12.4. The quantitative estimate of drug-likeness (QED) is 0.624. The van der Waals surface area contributed by atoms with E-state index in [9.17, 15) is 14.9 Å². The minimum Gasteiger partial charge on any atom is -0.450 e. The molecule has 2 heterocycles. The zero-order valence-corrected chi connectivity index (χ0v) is 14.3. The smallest absolute Gasteiger partial charge is 0.409 e. The van der Waals surface area contributed by atoms with Crippen molar-refractivity contribution in [3.05, 3.63) is 11.8 Å². The molecular weight excluding hydrogens is 308 g/mol. The molecular formula is C17H26N4O3. The maximum atomic E-state index is 12.3. The van der Waals surface area contributed by atoms with Gasteiger partial charge in [-0.15, -0.1) is 0 Å². The Kier molecular flexibility index (Phi) is 6.91. The van der Waals surface area contributed by atoms with Crippen molar-refractivity contribution in [2.75, 3.05) is 32.8 Å². The van der Waals surface area contributed by atoms with Gasteiger partial charge in [0.25, 0.3) is 5.91 Å². The van der Waals surface area contributed by atoms with Crippen LogP contribution in [0.5, 0.6) is 0 Å². The number of hydrogen-bond donors (Lipinski definition) is 1. The molecule has 2 fully saturated rings. The monoisotopic (exact) mass is 334 g/mol. The van der Waals surface area contributed by atoms with E-state index in [2.05, 4.69) is 5.32 Å². The minimum atomic E-state index is -0.274. The Morgan fingerprint density at radius 1 is 1.17 bits per heavy atom. The van der Waals surface area contributed by atoms with Crippen LogP contribution in [0.3, 0.4) is 0 Å². The molecule has 0 aromatic heterocycles. The Morgan fingerprint density at radius 3 is 2.42 bits per heavy atom. The summed E-state index contributed by atoms with van der Waals surface area (Å²) in [7, 11) is 0. The number of ether oxygens (including phenoxy) is 1. The van der Waals surface area contributed by atoms with E-state index in [-0.39, 0.29) is 23.6 Å². The average Bonchev–Trinajstić information content (AvgIpc) is 2.63. The lowest BCUT2D eigenvalue weighted by molar-refractivity contribution is -0.127. The summed E-state index contributed by atoms with van der Waals surface area (Å²) in [4.78, 5) is 27.4. The summed E-state index contributed by atoms with van der Waals surface area (Å²) in [6.45, 7) is 4.87. The van der Waals surface area contributed by atoms with Crippen LogP contribution >= 0.6 is 0 Å². The van der Waals surface area contributed by atoms with Gasteiger partial charge < -0.3 is 19.9 Å². The molecule has 0 atom stereocenters. The van der Waals surface area contributed by atoms with Gasteiger partial charge in [0.1, 0.15) is 11.6 Å². The van der Waals surface area contributed by atoms with Crippen molar-refractivity contribution in [3.8, 4) is 6.07 Å². The van der Waals surface area contributed by atoms with Crippen LogP contribution in [0.25, 0.3) is 0 Å². The molecule has 0 unspecified atom stereocenters. The first-order valence-corrected chi connectivity index (χ1v) is 8.73. The third-order valence-electron chi connectivity index (χ3n) is 4.48. The van der Waals surface area contributed by atoms with E-state index in [1.165, 1.54) is 0 Å². The largest absolute Gasteiger partial charge is 0.450 e. The van der Waals surface area contributed by atoms with Crippen LogP contribution in [0.2, 0.25) is 0 Å². The fourth-order valence-electron chi connectivity index (χ4n) is 3.05. The molecule has 132 valence electrons. The van der Waals surface area contributed by atoms with Gasteiger partial charge >= 0.3 is 6.09 Å². The number of nitrogens with zero attached hydrogens (tertiary/aromatic N) is 3. The highest BCUT2D eigenvalue weighted by Gasteiger charge is 2.24. The third kappa shape index (κ3) is 4.88. The van der Waals surface area contributed by atoms with Gasteiger partial charge in [0.2, 0.25) is 0 Å². The second-order valence-corrected chi connectivity index (χ2v) is 6.15. The van der Waals surface area contributed by atoms with E-state index in [1.54, 1.807) is 22.9 Å². The lowest BCUT2D eigenvalue weighted by atomic mass is 10.1. The normalized spacial score (nSPS) is 19.6. The Hall–Kier alpha value is -2.23. The van der Waals surface area contributed by atoms with Crippen molar-refractivity contribution in [1.29, 1.82) is 5.26 Å². The number of nitrogens with one attached hydrogen (secondary N) is 1. The van der Waals surface area contributed by atoms with Crippen molar-refractivity contribution in [1.82, 2.24) is 15.1 Å². The Morgan fingerprint density at radius 2 is 1.83 bits per heavy atom. The molecule has 7 nitrogen and oxygen atoms in total. The molecule has 7 heteroatoms. The standard InChI is InChI=1S/C17H26N4O3/c1-2-24-17(23)21-10-6-15(7-11-21)19-13-14(12-18)16(22)20-8-4-3-5-9-20/h13,15,19H,2-11H2,1H3/b14-13-. The molecule has 1 N–H and O–H groups in total. The van der Waals surface area contributed by atoms with Crippen molar-refractivity contribution in [2.24, 2.45) is 0 Å². The van der Waals surface area contributed by atoms with Crippen LogP contribution in [-0.2, 0) is 9.53 Å². The van der Waals surface area contributed by atoms with E-state index in [4.69, 9.17) is 4.74 Å². The summed E-state index contributed by atoms with van der Waals surface area (Å²) in [6.07, 6.45) is 5.96. The first kappa shape index (κ1) is 18.1. The molecule has 2 aliphatic heterocycles. The van der Waals surface area contributed by atoms with Gasteiger partial charge in [0.15, 0.2) is 0 Å². The zero-order chi connectivity index (χ0) is 17.4. The van der Waals surface area contributed by atoms with Gasteiger partial charge in [-0.05, 0) is 39.0 Å². The lowest BCUT2D eigenvalue weighted by Gasteiger charge is -2.31. The Labute approximate surface area is 143 Å². The first-order valence-electron chi connectivity index (χ1n) is 8.73. The number of hydrogen-bond acceptors (Lipinski definition) is 5. The maximum Gasteiger partial charge on any atom is 0.409 e. The van der Waals surface area contributed by atoms with Crippen molar-refractivity contribution in [3.63, 3.8) is 0 Å². The topological polar surface area (TPSA) is 85.7 Å². The molecule has 0 bridgehead atoms. The maximum absolute atomic E-state index is 12.3. The van der Waals surface area contributed by atoms with E-state index in [0.29, 0.717) is 19.7 Å². The van der Waals surface area contributed by atoms with E-state index >= 15 is 0 Å². The molecule has 2 saturated heterocycles. The summed E-state index contributed by atoms with van der Waals surface area (Å²) in [5.41, 5.74) is 0.157. The van der Waals surface area contributed by atoms with Crippen LogP contribution in [0, 0.1) is 11.3 Å². The number of amides is 2. The highest BCUT2D eigenvalue weighted by atomic mass is 16.6. The van der Waals surface area contributed by atoms with Gasteiger partial charge in [0, 0.05) is 38.4 Å². The van der Waals surface area contributed by atoms with Crippen LogP contribution in [0.1, 0.15) is 39.0 Å². The highest BCUT2D eigenvalue weighted by Crippen LogP contribution is 2.14. The number of nitriles is 1. The molecule has 0 spiro atoms. The predicted molar refractivity (Wildman–Crippen MR) is 88.9 cm³/mol. The zero-order valence-electron chi connectivity index (χ0n) is 14.3. The van der Waals surface area contributed by atoms with Crippen LogP contribution in [0.15, 0.2) is 11.8 Å². The molecule has 2 aliphatic rings. The fourth-order valence-corrected chi connectivity index (χ4v) is 3.05. The SMILES string of the molecule is CCOC(=O)N1CCC(N/C=C(/C#N)C(=O)N2CCCCC2)CC1. The van der Waals surface area contributed by atoms with Gasteiger partial charge in [-0.25, -0.2) is 4.79 Å². The van der Waals surface area contributed by atoms with Gasteiger partial charge in [-0.2, -0.15) is 5.26 Å². The lowest BCUT2D eigenvalue weighted by Crippen LogP contribution is -2.44. The van der Waals surface area contributed by atoms with Crippen LogP contribution < -0.4 is 5.32 Å². The number of rotatable bonds is 4. The predicted octanol–water partition coefficient (Wildman–Crippen LogP) is 1.62. The molecule has 0 radical (unpaired) electrons. The second kappa shape index (κ2) is 9.16. The van der Waals surface area contributed by atoms with Gasteiger partial charge in [-0.3, -0.25) is 4.79 Å².